The summed E-state index contributed by atoms with van der Waals surface area (Å²) in [4.78, 5) is 15.1. The number of rotatable bonds is 2. The van der Waals surface area contributed by atoms with E-state index in [4.69, 9.17) is 0 Å². The topological polar surface area (TPSA) is 39.2 Å². The Bertz CT molecular complexity index is 314. The Kier molecular flexibility index (Phi) is 3.20. The molecule has 0 atom stereocenters. The number of hydrogen-bond acceptors (Lipinski definition) is 3. The molecule has 0 bridgehead atoms. The fourth-order valence-electron chi connectivity index (χ4n) is 0.913. The number of hydrogen-bond donors (Lipinski definition) is 0. The minimum atomic E-state index is -0.362. The van der Waals surface area contributed by atoms with Crippen molar-refractivity contribution in [2.75, 3.05) is 7.11 Å². The number of aromatic nitrogens is 1. The van der Waals surface area contributed by atoms with Crippen molar-refractivity contribution < 1.29 is 9.53 Å². The average molecular weight is 177 g/mol. The Balaban J connectivity index is 2.87. The van der Waals surface area contributed by atoms with Crippen LogP contribution in [0, 0.1) is 0 Å². The molecule has 1 rings (SSSR count). The van der Waals surface area contributed by atoms with Crippen LogP contribution in [0.15, 0.2) is 24.4 Å². The van der Waals surface area contributed by atoms with Crippen LogP contribution < -0.4 is 0 Å². The van der Waals surface area contributed by atoms with Crippen LogP contribution in [0.5, 0.6) is 0 Å². The van der Waals surface area contributed by atoms with Gasteiger partial charge in [0, 0.05) is 6.20 Å². The van der Waals surface area contributed by atoms with E-state index >= 15 is 0 Å². The van der Waals surface area contributed by atoms with E-state index in [0.717, 1.165) is 5.69 Å². The van der Waals surface area contributed by atoms with Gasteiger partial charge < -0.3 is 4.74 Å². The van der Waals surface area contributed by atoms with Crippen LogP contribution >= 0.6 is 0 Å². The van der Waals surface area contributed by atoms with Gasteiger partial charge in [0.15, 0.2) is 0 Å². The summed E-state index contributed by atoms with van der Waals surface area (Å²) in [6.07, 6.45) is 5.25. The minimum Gasteiger partial charge on any atom is -0.465 e. The zero-order valence-corrected chi connectivity index (χ0v) is 7.65. The lowest BCUT2D eigenvalue weighted by molar-refractivity contribution is 0.0600. The first-order valence-electron chi connectivity index (χ1n) is 3.95. The van der Waals surface area contributed by atoms with Crippen molar-refractivity contribution in [3.05, 3.63) is 35.7 Å². The SMILES string of the molecule is CC=Cc1ccc(C(=O)OC)cn1. The van der Waals surface area contributed by atoms with Gasteiger partial charge in [-0.25, -0.2) is 4.79 Å². The third kappa shape index (κ3) is 2.40. The largest absolute Gasteiger partial charge is 0.465 e. The van der Waals surface area contributed by atoms with Gasteiger partial charge in [0.05, 0.1) is 18.4 Å². The monoisotopic (exact) mass is 177 g/mol. The lowest BCUT2D eigenvalue weighted by atomic mass is 10.2. The summed E-state index contributed by atoms with van der Waals surface area (Å²) in [5, 5.41) is 0. The number of methoxy groups -OCH3 is 1. The van der Waals surface area contributed by atoms with Crippen molar-refractivity contribution in [1.29, 1.82) is 0 Å². The quantitative estimate of drug-likeness (QED) is 0.647. The van der Waals surface area contributed by atoms with E-state index in [0.29, 0.717) is 5.56 Å². The number of allylic oxidation sites excluding steroid dienone is 1. The predicted octanol–water partition coefficient (Wildman–Crippen LogP) is 1.90. The van der Waals surface area contributed by atoms with Crippen LogP contribution in [0.1, 0.15) is 23.0 Å². The van der Waals surface area contributed by atoms with E-state index < -0.39 is 0 Å². The molecule has 3 heteroatoms. The molecule has 3 nitrogen and oxygen atoms in total. The molecule has 1 heterocycles. The van der Waals surface area contributed by atoms with Crippen molar-refractivity contribution in [2.24, 2.45) is 0 Å². The van der Waals surface area contributed by atoms with Crippen LogP contribution in [0.4, 0.5) is 0 Å². The number of nitrogens with zero attached hydrogens (tertiary/aromatic N) is 1. The molecule has 1 aromatic heterocycles. The zero-order valence-electron chi connectivity index (χ0n) is 7.65. The maximum absolute atomic E-state index is 11.0. The summed E-state index contributed by atoms with van der Waals surface area (Å²) in [6, 6.07) is 3.46. The van der Waals surface area contributed by atoms with Crippen molar-refractivity contribution in [3.63, 3.8) is 0 Å². The summed E-state index contributed by atoms with van der Waals surface area (Å²) in [5.41, 5.74) is 1.30. The maximum atomic E-state index is 11.0. The Morgan fingerprint density at radius 3 is 2.77 bits per heavy atom. The van der Waals surface area contributed by atoms with Gasteiger partial charge in [-0.05, 0) is 25.1 Å². The van der Waals surface area contributed by atoms with E-state index in [1.807, 2.05) is 19.1 Å². The molecule has 0 amide bonds. The standard InChI is InChI=1S/C10H11NO2/c1-3-4-9-6-5-8(7-11-9)10(12)13-2/h3-7H,1-2H3. The third-order valence-corrected chi connectivity index (χ3v) is 1.54. The van der Waals surface area contributed by atoms with E-state index in [2.05, 4.69) is 9.72 Å². The van der Waals surface area contributed by atoms with Crippen molar-refractivity contribution in [1.82, 2.24) is 4.98 Å². The van der Waals surface area contributed by atoms with Crippen LogP contribution in [0.25, 0.3) is 6.08 Å². The number of carbonyl (C=O) groups excluding carboxylic acids is 1. The second-order valence-corrected chi connectivity index (χ2v) is 2.46. The van der Waals surface area contributed by atoms with E-state index in [1.165, 1.54) is 13.3 Å². The Labute approximate surface area is 77.1 Å². The van der Waals surface area contributed by atoms with Crippen LogP contribution in [-0.2, 0) is 4.74 Å². The molecule has 0 fully saturated rings. The highest BCUT2D eigenvalue weighted by Gasteiger charge is 2.03. The first-order valence-corrected chi connectivity index (χ1v) is 3.95. The summed E-state index contributed by atoms with van der Waals surface area (Å²) in [6.45, 7) is 1.91. The van der Waals surface area contributed by atoms with Gasteiger partial charge in [0.25, 0.3) is 0 Å². The zero-order chi connectivity index (χ0) is 9.68. The number of esters is 1. The smallest absolute Gasteiger partial charge is 0.339 e. The fraction of sp³-hybridized carbons (Fsp3) is 0.200. The molecule has 0 aromatic carbocycles. The third-order valence-electron chi connectivity index (χ3n) is 1.54. The van der Waals surface area contributed by atoms with Crippen LogP contribution in [0.2, 0.25) is 0 Å². The molecular weight excluding hydrogens is 166 g/mol. The molecule has 0 unspecified atom stereocenters. The second-order valence-electron chi connectivity index (χ2n) is 2.46. The summed E-state index contributed by atoms with van der Waals surface area (Å²) in [7, 11) is 1.35. The van der Waals surface area contributed by atoms with Gasteiger partial charge in [-0.3, -0.25) is 4.98 Å². The average Bonchev–Trinajstić information content (AvgIpc) is 2.18. The highest BCUT2D eigenvalue weighted by atomic mass is 16.5. The van der Waals surface area contributed by atoms with Crippen LogP contribution in [-0.4, -0.2) is 18.1 Å². The molecule has 0 aliphatic rings. The molecule has 0 saturated carbocycles. The van der Waals surface area contributed by atoms with E-state index in [1.54, 1.807) is 12.1 Å². The summed E-state index contributed by atoms with van der Waals surface area (Å²) < 4.78 is 4.54. The molecule has 0 radical (unpaired) electrons. The van der Waals surface area contributed by atoms with Gasteiger partial charge in [-0.1, -0.05) is 6.08 Å². The molecule has 1 aromatic rings. The molecule has 0 spiro atoms. The van der Waals surface area contributed by atoms with E-state index in [-0.39, 0.29) is 5.97 Å². The number of pyridine rings is 1. The van der Waals surface area contributed by atoms with Gasteiger partial charge in [-0.2, -0.15) is 0 Å². The lowest BCUT2D eigenvalue weighted by Gasteiger charge is -1.97. The van der Waals surface area contributed by atoms with Gasteiger partial charge in [-0.15, -0.1) is 0 Å². The Hall–Kier alpha value is -1.64. The van der Waals surface area contributed by atoms with Gasteiger partial charge >= 0.3 is 5.97 Å². The lowest BCUT2D eigenvalue weighted by Crippen LogP contribution is -2.01. The molecule has 68 valence electrons. The van der Waals surface area contributed by atoms with Crippen LogP contribution in [0.3, 0.4) is 0 Å². The molecule has 0 saturated heterocycles. The first kappa shape index (κ1) is 9.45. The minimum absolute atomic E-state index is 0.362. The Morgan fingerprint density at radius 2 is 2.31 bits per heavy atom. The normalized spacial score (nSPS) is 10.3. The fourth-order valence-corrected chi connectivity index (χ4v) is 0.913. The van der Waals surface area contributed by atoms with Crippen molar-refractivity contribution in [3.8, 4) is 0 Å². The highest BCUT2D eigenvalue weighted by molar-refractivity contribution is 5.88. The van der Waals surface area contributed by atoms with Crippen molar-refractivity contribution in [2.45, 2.75) is 6.92 Å². The molecule has 13 heavy (non-hydrogen) atoms. The first-order chi connectivity index (χ1) is 6.27. The maximum Gasteiger partial charge on any atom is 0.339 e. The number of ether oxygens (including phenoxy) is 1. The molecule has 0 aliphatic carbocycles. The second kappa shape index (κ2) is 4.40. The number of carbonyl (C=O) groups is 1. The Morgan fingerprint density at radius 1 is 1.54 bits per heavy atom. The van der Waals surface area contributed by atoms with Gasteiger partial charge in [0.1, 0.15) is 0 Å². The predicted molar refractivity (Wildman–Crippen MR) is 50.3 cm³/mol. The highest BCUT2D eigenvalue weighted by Crippen LogP contribution is 2.03. The molecule has 0 aliphatic heterocycles. The molecule has 0 N–H and O–H groups in total. The molecular formula is C10H11NO2. The summed E-state index contributed by atoms with van der Waals surface area (Å²) in [5.74, 6) is -0.362. The van der Waals surface area contributed by atoms with Crippen molar-refractivity contribution >= 4 is 12.0 Å². The van der Waals surface area contributed by atoms with Gasteiger partial charge in [0.2, 0.25) is 0 Å². The van der Waals surface area contributed by atoms with E-state index in [9.17, 15) is 4.79 Å². The summed E-state index contributed by atoms with van der Waals surface area (Å²) >= 11 is 0.